The predicted molar refractivity (Wildman–Crippen MR) is 68.2 cm³/mol. The summed E-state index contributed by atoms with van der Waals surface area (Å²) in [4.78, 5) is 15.9. The van der Waals surface area contributed by atoms with Crippen LogP contribution in [0.5, 0.6) is 0 Å². The summed E-state index contributed by atoms with van der Waals surface area (Å²) in [7, 11) is 0. The predicted octanol–water partition coefficient (Wildman–Crippen LogP) is 2.61. The summed E-state index contributed by atoms with van der Waals surface area (Å²) in [6.07, 6.45) is 2.36. The SMILES string of the molecule is CCc1cnc(CNC(=O)c2cccc(C)c2F)o1. The van der Waals surface area contributed by atoms with Crippen LogP contribution in [-0.4, -0.2) is 10.9 Å². The molecule has 1 aromatic carbocycles. The number of nitrogens with zero attached hydrogens (tertiary/aromatic N) is 1. The van der Waals surface area contributed by atoms with Crippen molar-refractivity contribution in [1.29, 1.82) is 0 Å². The van der Waals surface area contributed by atoms with Gasteiger partial charge in [-0.1, -0.05) is 19.1 Å². The number of carbonyl (C=O) groups excluding carboxylic acids is 1. The molecular weight excluding hydrogens is 247 g/mol. The Hall–Kier alpha value is -2.17. The van der Waals surface area contributed by atoms with Gasteiger partial charge < -0.3 is 9.73 Å². The topological polar surface area (TPSA) is 55.1 Å². The van der Waals surface area contributed by atoms with Gasteiger partial charge in [0.15, 0.2) is 0 Å². The molecule has 0 aliphatic rings. The lowest BCUT2D eigenvalue weighted by Gasteiger charge is -2.05. The van der Waals surface area contributed by atoms with Crippen molar-refractivity contribution in [1.82, 2.24) is 10.3 Å². The largest absolute Gasteiger partial charge is 0.444 e. The highest BCUT2D eigenvalue weighted by Crippen LogP contribution is 2.12. The number of oxazole rings is 1. The Balaban J connectivity index is 2.03. The number of halogens is 1. The summed E-state index contributed by atoms with van der Waals surface area (Å²) in [6.45, 7) is 3.71. The van der Waals surface area contributed by atoms with Crippen molar-refractivity contribution in [2.75, 3.05) is 0 Å². The lowest BCUT2D eigenvalue weighted by atomic mass is 10.1. The van der Waals surface area contributed by atoms with E-state index < -0.39 is 11.7 Å². The molecule has 1 N–H and O–H groups in total. The minimum Gasteiger partial charge on any atom is -0.444 e. The van der Waals surface area contributed by atoms with Crippen molar-refractivity contribution in [3.63, 3.8) is 0 Å². The van der Waals surface area contributed by atoms with E-state index in [0.717, 1.165) is 12.2 Å². The third kappa shape index (κ3) is 2.99. The van der Waals surface area contributed by atoms with Gasteiger partial charge in [0.25, 0.3) is 5.91 Å². The second-order valence-corrected chi connectivity index (χ2v) is 4.19. The van der Waals surface area contributed by atoms with Crippen molar-refractivity contribution in [3.05, 3.63) is 53.0 Å². The van der Waals surface area contributed by atoms with Gasteiger partial charge in [-0.25, -0.2) is 9.37 Å². The van der Waals surface area contributed by atoms with Crippen molar-refractivity contribution in [2.24, 2.45) is 0 Å². The second-order valence-electron chi connectivity index (χ2n) is 4.19. The fourth-order valence-corrected chi connectivity index (χ4v) is 1.67. The summed E-state index contributed by atoms with van der Waals surface area (Å²) < 4.78 is 19.1. The van der Waals surface area contributed by atoms with E-state index >= 15 is 0 Å². The van der Waals surface area contributed by atoms with E-state index in [1.54, 1.807) is 25.3 Å². The normalized spacial score (nSPS) is 10.5. The first kappa shape index (κ1) is 13.3. The van der Waals surface area contributed by atoms with Crippen LogP contribution in [0.25, 0.3) is 0 Å². The molecule has 100 valence electrons. The zero-order valence-electron chi connectivity index (χ0n) is 10.9. The van der Waals surface area contributed by atoms with E-state index in [-0.39, 0.29) is 12.1 Å². The van der Waals surface area contributed by atoms with Gasteiger partial charge in [0.2, 0.25) is 5.89 Å². The maximum absolute atomic E-state index is 13.7. The number of aromatic nitrogens is 1. The first-order valence-electron chi connectivity index (χ1n) is 6.08. The van der Waals surface area contributed by atoms with Crippen LogP contribution in [0.4, 0.5) is 4.39 Å². The summed E-state index contributed by atoms with van der Waals surface area (Å²) in [5.74, 6) is 0.198. The number of hydrogen-bond acceptors (Lipinski definition) is 3. The molecule has 2 rings (SSSR count). The highest BCUT2D eigenvalue weighted by molar-refractivity contribution is 5.94. The summed E-state index contributed by atoms with van der Waals surface area (Å²) in [5.41, 5.74) is 0.472. The Morgan fingerprint density at radius 3 is 2.95 bits per heavy atom. The van der Waals surface area contributed by atoms with Gasteiger partial charge in [0.05, 0.1) is 18.3 Å². The zero-order valence-corrected chi connectivity index (χ0v) is 10.9. The molecule has 2 aromatic rings. The van der Waals surface area contributed by atoms with Gasteiger partial charge >= 0.3 is 0 Å². The molecule has 0 aliphatic heterocycles. The number of hydrogen-bond donors (Lipinski definition) is 1. The van der Waals surface area contributed by atoms with Crippen LogP contribution < -0.4 is 5.32 Å². The number of carbonyl (C=O) groups is 1. The number of benzene rings is 1. The highest BCUT2D eigenvalue weighted by Gasteiger charge is 2.13. The van der Waals surface area contributed by atoms with Crippen molar-refractivity contribution in [3.8, 4) is 0 Å². The molecule has 0 saturated carbocycles. The molecule has 0 radical (unpaired) electrons. The average molecular weight is 262 g/mol. The Bertz CT molecular complexity index is 593. The van der Waals surface area contributed by atoms with Gasteiger partial charge in [-0.2, -0.15) is 0 Å². The Morgan fingerprint density at radius 1 is 1.47 bits per heavy atom. The third-order valence-corrected chi connectivity index (χ3v) is 2.79. The molecule has 1 heterocycles. The highest BCUT2D eigenvalue weighted by atomic mass is 19.1. The van der Waals surface area contributed by atoms with E-state index in [1.807, 2.05) is 6.92 Å². The lowest BCUT2D eigenvalue weighted by molar-refractivity contribution is 0.0943. The smallest absolute Gasteiger partial charge is 0.254 e. The van der Waals surface area contributed by atoms with Crippen molar-refractivity contribution < 1.29 is 13.6 Å². The molecule has 4 nitrogen and oxygen atoms in total. The minimum absolute atomic E-state index is 0.0299. The Kier molecular flexibility index (Phi) is 3.94. The lowest BCUT2D eigenvalue weighted by Crippen LogP contribution is -2.24. The summed E-state index contributed by atoms with van der Waals surface area (Å²) in [6, 6.07) is 4.71. The molecule has 0 bridgehead atoms. The van der Waals surface area contributed by atoms with Crippen molar-refractivity contribution >= 4 is 5.91 Å². The van der Waals surface area contributed by atoms with E-state index in [1.165, 1.54) is 6.07 Å². The first-order valence-corrected chi connectivity index (χ1v) is 6.08. The zero-order chi connectivity index (χ0) is 13.8. The quantitative estimate of drug-likeness (QED) is 0.921. The first-order chi connectivity index (χ1) is 9.11. The van der Waals surface area contributed by atoms with E-state index in [9.17, 15) is 9.18 Å². The molecule has 0 fully saturated rings. The van der Waals surface area contributed by atoms with E-state index in [2.05, 4.69) is 10.3 Å². The number of nitrogens with one attached hydrogen (secondary N) is 1. The van der Waals surface area contributed by atoms with Gasteiger partial charge in [0, 0.05) is 6.42 Å². The van der Waals surface area contributed by atoms with Gasteiger partial charge in [-0.3, -0.25) is 4.79 Å². The maximum atomic E-state index is 13.7. The molecule has 1 aromatic heterocycles. The van der Waals surface area contributed by atoms with Gasteiger partial charge in [-0.15, -0.1) is 0 Å². The molecule has 19 heavy (non-hydrogen) atoms. The van der Waals surface area contributed by atoms with Crippen LogP contribution in [0.1, 0.15) is 34.5 Å². The van der Waals surface area contributed by atoms with Crippen LogP contribution in [0.15, 0.2) is 28.8 Å². The number of rotatable bonds is 4. The monoisotopic (exact) mass is 262 g/mol. The van der Waals surface area contributed by atoms with Crippen LogP contribution in [0.2, 0.25) is 0 Å². The maximum Gasteiger partial charge on any atom is 0.254 e. The molecule has 0 spiro atoms. The van der Waals surface area contributed by atoms with Crippen LogP contribution in [0.3, 0.4) is 0 Å². The fourth-order valence-electron chi connectivity index (χ4n) is 1.67. The number of amides is 1. The van der Waals surface area contributed by atoms with E-state index in [4.69, 9.17) is 4.42 Å². The molecule has 5 heteroatoms. The molecule has 0 atom stereocenters. The summed E-state index contributed by atoms with van der Waals surface area (Å²) >= 11 is 0. The molecule has 0 aliphatic carbocycles. The summed E-state index contributed by atoms with van der Waals surface area (Å²) in [5, 5.41) is 2.59. The molecule has 0 unspecified atom stereocenters. The van der Waals surface area contributed by atoms with Gasteiger partial charge in [0.1, 0.15) is 11.6 Å². The average Bonchev–Trinajstić information content (AvgIpc) is 2.87. The van der Waals surface area contributed by atoms with Gasteiger partial charge in [-0.05, 0) is 18.6 Å². The van der Waals surface area contributed by atoms with Crippen LogP contribution in [-0.2, 0) is 13.0 Å². The Labute approximate surface area is 110 Å². The second kappa shape index (κ2) is 5.65. The van der Waals surface area contributed by atoms with E-state index in [0.29, 0.717) is 11.5 Å². The third-order valence-electron chi connectivity index (χ3n) is 2.79. The number of aryl methyl sites for hydroxylation is 2. The molecular formula is C14H15FN2O2. The van der Waals surface area contributed by atoms with Crippen molar-refractivity contribution in [2.45, 2.75) is 26.8 Å². The molecule has 1 amide bonds. The molecule has 0 saturated heterocycles. The minimum atomic E-state index is -0.498. The standard InChI is InChI=1S/C14H15FN2O2/c1-3-10-7-16-12(19-10)8-17-14(18)11-6-4-5-9(2)13(11)15/h4-7H,3,8H2,1-2H3,(H,17,18). The van der Waals surface area contributed by atoms with Crippen LogP contribution in [0, 0.1) is 12.7 Å². The fraction of sp³-hybridized carbons (Fsp3) is 0.286. The Morgan fingerprint density at radius 2 is 2.26 bits per heavy atom. The van der Waals surface area contributed by atoms with Crippen LogP contribution >= 0.6 is 0 Å².